The highest BCUT2D eigenvalue weighted by molar-refractivity contribution is 5.76. The number of allylic oxidation sites excluding steroid dienone is 1. The number of amides is 1. The quantitative estimate of drug-likeness (QED) is 0.0320. The summed E-state index contributed by atoms with van der Waals surface area (Å²) in [7, 11) is 0. The second-order valence-corrected chi connectivity index (χ2v) is 23.9. The topological polar surface area (TPSA) is 95.9 Å². The van der Waals surface area contributed by atoms with E-state index in [1.807, 2.05) is 6.08 Å². The molecule has 0 saturated carbocycles. The molecule has 0 heterocycles. The van der Waals surface area contributed by atoms with Crippen LogP contribution < -0.4 is 5.32 Å². The van der Waals surface area contributed by atoms with Crippen LogP contribution in [0.4, 0.5) is 0 Å². The van der Waals surface area contributed by atoms with Crippen molar-refractivity contribution in [3.8, 4) is 0 Å². The predicted molar refractivity (Wildman–Crippen MR) is 329 cm³/mol. The number of hydrogen-bond acceptors (Lipinski definition) is 5. The fourth-order valence-corrected chi connectivity index (χ4v) is 11.1. The molecule has 446 valence electrons. The Kier molecular flexibility index (Phi) is 63.9. The van der Waals surface area contributed by atoms with Crippen LogP contribution >= 0.6 is 0 Å². The molecule has 75 heavy (non-hydrogen) atoms. The average molecular weight is 1060 g/mol. The molecule has 0 saturated heterocycles. The molecule has 0 fully saturated rings. The highest BCUT2D eigenvalue weighted by Gasteiger charge is 2.18. The molecule has 0 aromatic rings. The van der Waals surface area contributed by atoms with Crippen molar-refractivity contribution in [3.05, 3.63) is 12.2 Å². The predicted octanol–water partition coefficient (Wildman–Crippen LogP) is 22.0. The number of esters is 1. The second kappa shape index (κ2) is 65.1. The molecule has 0 aliphatic rings. The molecule has 0 aliphatic heterocycles. The number of rotatable bonds is 65. The number of carbonyl (C=O) groups is 2. The number of hydrogen-bond donors (Lipinski definition) is 3. The van der Waals surface area contributed by atoms with Crippen molar-refractivity contribution in [2.75, 3.05) is 13.2 Å². The van der Waals surface area contributed by atoms with Gasteiger partial charge >= 0.3 is 5.97 Å². The van der Waals surface area contributed by atoms with Crippen LogP contribution in [-0.4, -0.2) is 47.4 Å². The van der Waals surface area contributed by atoms with E-state index in [4.69, 9.17) is 4.74 Å². The van der Waals surface area contributed by atoms with Crippen molar-refractivity contribution >= 4 is 11.9 Å². The summed E-state index contributed by atoms with van der Waals surface area (Å²) in [6.45, 7) is 4.94. The van der Waals surface area contributed by atoms with Crippen molar-refractivity contribution in [1.82, 2.24) is 5.32 Å². The lowest BCUT2D eigenvalue weighted by Crippen LogP contribution is -2.45. The number of aliphatic hydroxyl groups is 2. The van der Waals surface area contributed by atoms with Gasteiger partial charge in [0.1, 0.15) is 0 Å². The van der Waals surface area contributed by atoms with E-state index in [1.165, 1.54) is 327 Å². The Morgan fingerprint density at radius 2 is 0.613 bits per heavy atom. The molecular formula is C69H135NO5. The van der Waals surface area contributed by atoms with Crippen LogP contribution in [0.25, 0.3) is 0 Å². The van der Waals surface area contributed by atoms with Gasteiger partial charge in [0, 0.05) is 12.8 Å². The summed E-state index contributed by atoms with van der Waals surface area (Å²) in [5.74, 6) is -0.0455. The Morgan fingerprint density at radius 3 is 0.907 bits per heavy atom. The molecule has 6 nitrogen and oxygen atoms in total. The minimum Gasteiger partial charge on any atom is -0.466 e. The summed E-state index contributed by atoms with van der Waals surface area (Å²) in [6.07, 6.45) is 79.9. The van der Waals surface area contributed by atoms with Gasteiger partial charge in [-0.05, 0) is 32.1 Å². The number of nitrogens with one attached hydrogen (secondary N) is 1. The van der Waals surface area contributed by atoms with Crippen molar-refractivity contribution < 1.29 is 24.5 Å². The van der Waals surface area contributed by atoms with E-state index in [0.29, 0.717) is 19.4 Å². The summed E-state index contributed by atoms with van der Waals surface area (Å²) in [5.41, 5.74) is 0. The first kappa shape index (κ1) is 73.6. The maximum Gasteiger partial charge on any atom is 0.305 e. The number of carbonyl (C=O) groups excluding carboxylic acids is 2. The molecule has 3 N–H and O–H groups in total. The molecule has 0 aliphatic carbocycles. The molecular weight excluding hydrogens is 923 g/mol. The van der Waals surface area contributed by atoms with E-state index in [1.54, 1.807) is 6.08 Å². The third kappa shape index (κ3) is 61.7. The van der Waals surface area contributed by atoms with Crippen LogP contribution in [0.2, 0.25) is 0 Å². The first-order valence-corrected chi connectivity index (χ1v) is 34.5. The van der Waals surface area contributed by atoms with Crippen molar-refractivity contribution in [2.24, 2.45) is 0 Å². The molecule has 0 aromatic heterocycles. The third-order valence-corrected chi connectivity index (χ3v) is 16.3. The van der Waals surface area contributed by atoms with Gasteiger partial charge in [-0.1, -0.05) is 360 Å². The van der Waals surface area contributed by atoms with Crippen molar-refractivity contribution in [3.63, 3.8) is 0 Å². The lowest BCUT2D eigenvalue weighted by atomic mass is 10.0. The van der Waals surface area contributed by atoms with Gasteiger partial charge in [0.2, 0.25) is 5.91 Å². The van der Waals surface area contributed by atoms with Gasteiger partial charge in [-0.2, -0.15) is 0 Å². The summed E-state index contributed by atoms with van der Waals surface area (Å²) in [4.78, 5) is 24.6. The fraction of sp³-hybridized carbons (Fsp3) is 0.942. The van der Waals surface area contributed by atoms with Crippen LogP contribution in [0.3, 0.4) is 0 Å². The molecule has 0 bridgehead atoms. The standard InChI is InChI=1S/C69H135NO5/c1-3-5-7-9-11-13-15-17-18-19-20-21-26-29-32-35-38-41-45-49-53-57-61-67(72)66(65-71)70-68(73)62-58-54-50-46-42-39-36-33-30-27-24-22-23-25-28-31-34-37-40-44-48-52-56-60-64-75-69(74)63-59-55-51-47-43-16-14-12-10-8-6-4-2/h57,61,66-67,71-72H,3-56,58-60,62-65H2,1-2H3,(H,70,73)/b61-57+. The SMILES string of the molecule is CCCCCCCCCCCCCCCCCCCCCC/C=C/C(O)C(CO)NC(=O)CCCCCCCCCCCCCCCCCCCCCCCCCCOC(=O)CCCCCCCCCCCCCC. The zero-order valence-corrected chi connectivity index (χ0v) is 51.1. The molecule has 0 spiro atoms. The Bertz CT molecular complexity index is 1130. The molecule has 2 unspecified atom stereocenters. The Morgan fingerprint density at radius 1 is 0.360 bits per heavy atom. The second-order valence-electron chi connectivity index (χ2n) is 23.9. The van der Waals surface area contributed by atoms with E-state index in [0.717, 1.165) is 38.5 Å². The zero-order chi connectivity index (χ0) is 54.3. The Hall–Kier alpha value is -1.40. The average Bonchev–Trinajstić information content (AvgIpc) is 3.41. The number of ether oxygens (including phenoxy) is 1. The molecule has 0 radical (unpaired) electrons. The molecule has 1 amide bonds. The number of unbranched alkanes of at least 4 members (excludes halogenated alkanes) is 54. The van der Waals surface area contributed by atoms with Crippen LogP contribution in [0.1, 0.15) is 393 Å². The first-order valence-electron chi connectivity index (χ1n) is 34.5. The lowest BCUT2D eigenvalue weighted by molar-refractivity contribution is -0.143. The van der Waals surface area contributed by atoms with Gasteiger partial charge in [-0.25, -0.2) is 0 Å². The Balaban J connectivity index is 3.39. The summed E-state index contributed by atoms with van der Waals surface area (Å²) >= 11 is 0. The molecule has 2 atom stereocenters. The smallest absolute Gasteiger partial charge is 0.305 e. The lowest BCUT2D eigenvalue weighted by Gasteiger charge is -2.20. The van der Waals surface area contributed by atoms with Gasteiger partial charge in [0.05, 0.1) is 25.4 Å². The fourth-order valence-electron chi connectivity index (χ4n) is 11.1. The normalized spacial score (nSPS) is 12.5. The molecule has 0 rings (SSSR count). The van der Waals surface area contributed by atoms with Crippen LogP contribution in [0.5, 0.6) is 0 Å². The maximum absolute atomic E-state index is 12.5. The van der Waals surface area contributed by atoms with Gasteiger partial charge in [-0.15, -0.1) is 0 Å². The summed E-state index contributed by atoms with van der Waals surface area (Å²) in [5, 5.41) is 23.3. The molecule has 6 heteroatoms. The van der Waals surface area contributed by atoms with Gasteiger partial charge < -0.3 is 20.3 Å². The van der Waals surface area contributed by atoms with Gasteiger partial charge in [0.15, 0.2) is 0 Å². The highest BCUT2D eigenvalue weighted by atomic mass is 16.5. The van der Waals surface area contributed by atoms with Crippen LogP contribution in [-0.2, 0) is 14.3 Å². The van der Waals surface area contributed by atoms with E-state index in [9.17, 15) is 19.8 Å². The minimum atomic E-state index is -0.844. The summed E-state index contributed by atoms with van der Waals surface area (Å²) < 4.78 is 5.48. The summed E-state index contributed by atoms with van der Waals surface area (Å²) in [6, 6.07) is -0.627. The molecule has 0 aromatic carbocycles. The van der Waals surface area contributed by atoms with Crippen molar-refractivity contribution in [1.29, 1.82) is 0 Å². The van der Waals surface area contributed by atoms with E-state index in [-0.39, 0.29) is 18.5 Å². The minimum absolute atomic E-state index is 0.0166. The van der Waals surface area contributed by atoms with Crippen LogP contribution in [0.15, 0.2) is 12.2 Å². The maximum atomic E-state index is 12.5. The largest absolute Gasteiger partial charge is 0.466 e. The third-order valence-electron chi connectivity index (χ3n) is 16.3. The monoisotopic (exact) mass is 1060 g/mol. The number of aliphatic hydroxyl groups excluding tert-OH is 2. The highest BCUT2D eigenvalue weighted by Crippen LogP contribution is 2.19. The van der Waals surface area contributed by atoms with E-state index >= 15 is 0 Å². The van der Waals surface area contributed by atoms with Crippen molar-refractivity contribution in [2.45, 2.75) is 405 Å². The van der Waals surface area contributed by atoms with E-state index < -0.39 is 12.1 Å². The van der Waals surface area contributed by atoms with E-state index in [2.05, 4.69) is 19.2 Å². The Labute approximate surface area is 469 Å². The first-order chi connectivity index (χ1) is 37.0. The van der Waals surface area contributed by atoms with Gasteiger partial charge in [0.25, 0.3) is 0 Å². The van der Waals surface area contributed by atoms with Gasteiger partial charge in [-0.3, -0.25) is 9.59 Å². The zero-order valence-electron chi connectivity index (χ0n) is 51.1. The van der Waals surface area contributed by atoms with Crippen LogP contribution in [0, 0.1) is 0 Å².